The van der Waals surface area contributed by atoms with Gasteiger partial charge >= 0.3 is 0 Å². The van der Waals surface area contributed by atoms with Crippen LogP contribution in [0.25, 0.3) is 22.5 Å². The van der Waals surface area contributed by atoms with Crippen molar-refractivity contribution in [1.82, 2.24) is 15.2 Å². The maximum atomic E-state index is 8.95. The maximum Gasteiger partial charge on any atom is 0.184 e. The molecular formula is C17H11ClN4. The monoisotopic (exact) mass is 306 g/mol. The fourth-order valence-electron chi connectivity index (χ4n) is 2.09. The summed E-state index contributed by atoms with van der Waals surface area (Å²) in [6, 6.07) is 21.3. The highest BCUT2D eigenvalue weighted by Crippen LogP contribution is 2.29. The van der Waals surface area contributed by atoms with Crippen LogP contribution in [0.4, 0.5) is 0 Å². The molecule has 1 aromatic heterocycles. The molecule has 0 saturated heterocycles. The molecule has 5 heteroatoms. The lowest BCUT2D eigenvalue weighted by Crippen LogP contribution is -2.04. The van der Waals surface area contributed by atoms with E-state index in [0.717, 1.165) is 11.1 Å². The Balaban J connectivity index is 2.20. The van der Waals surface area contributed by atoms with Gasteiger partial charge in [0.05, 0.1) is 6.07 Å². The smallest absolute Gasteiger partial charge is 0.184 e. The maximum absolute atomic E-state index is 8.95. The molecule has 2 aromatic carbocycles. The summed E-state index contributed by atoms with van der Waals surface area (Å²) in [5, 5.41) is 16.3. The lowest BCUT2D eigenvalue weighted by atomic mass is 10.0. The van der Waals surface area contributed by atoms with Crippen molar-refractivity contribution in [3.8, 4) is 28.6 Å². The summed E-state index contributed by atoms with van der Waals surface area (Å²) in [7, 11) is 0. The predicted molar refractivity (Wildman–Crippen MR) is 84.9 cm³/mol. The minimum absolute atomic E-state index is 0.211. The van der Waals surface area contributed by atoms with E-state index in [2.05, 4.69) is 15.2 Å². The molecule has 0 fully saturated rings. The first-order valence-electron chi connectivity index (χ1n) is 6.68. The summed E-state index contributed by atoms with van der Waals surface area (Å²) in [5.74, 6) is 0.211. The molecule has 0 N–H and O–H groups in total. The second-order valence-electron chi connectivity index (χ2n) is 4.59. The number of nitriles is 1. The van der Waals surface area contributed by atoms with Gasteiger partial charge in [-0.05, 0) is 0 Å². The Labute approximate surface area is 133 Å². The average molecular weight is 307 g/mol. The van der Waals surface area contributed by atoms with Crippen LogP contribution in [-0.2, 0) is 0 Å². The summed E-state index contributed by atoms with van der Waals surface area (Å²) in [6.45, 7) is 0. The van der Waals surface area contributed by atoms with Gasteiger partial charge in [-0.3, -0.25) is 0 Å². The molecule has 3 rings (SSSR count). The minimum atomic E-state index is -0.917. The fraction of sp³-hybridized carbons (Fsp3) is 0.0588. The van der Waals surface area contributed by atoms with E-state index >= 15 is 0 Å². The SMILES string of the molecule is N#CC(Cl)c1nnc(-c2ccccc2)c(-c2ccccc2)n1. The Kier molecular flexibility index (Phi) is 4.08. The fourth-order valence-corrected chi connectivity index (χ4v) is 2.18. The zero-order valence-corrected chi connectivity index (χ0v) is 12.3. The van der Waals surface area contributed by atoms with E-state index in [1.807, 2.05) is 66.7 Å². The normalized spacial score (nSPS) is 11.6. The minimum Gasteiger partial charge on any atom is -0.226 e. The van der Waals surface area contributed by atoms with Gasteiger partial charge in [-0.15, -0.1) is 10.2 Å². The average Bonchev–Trinajstić information content (AvgIpc) is 2.62. The van der Waals surface area contributed by atoms with Crippen LogP contribution in [0.3, 0.4) is 0 Å². The van der Waals surface area contributed by atoms with Crippen LogP contribution in [0.2, 0.25) is 0 Å². The second-order valence-corrected chi connectivity index (χ2v) is 5.03. The van der Waals surface area contributed by atoms with Gasteiger partial charge in [0.15, 0.2) is 11.2 Å². The molecule has 0 aliphatic heterocycles. The Morgan fingerprint density at radius 2 is 1.36 bits per heavy atom. The molecule has 1 atom stereocenters. The Morgan fingerprint density at radius 1 is 0.818 bits per heavy atom. The lowest BCUT2D eigenvalue weighted by Gasteiger charge is -2.09. The van der Waals surface area contributed by atoms with E-state index in [9.17, 15) is 0 Å². The van der Waals surface area contributed by atoms with Crippen molar-refractivity contribution < 1.29 is 0 Å². The van der Waals surface area contributed by atoms with Crippen LogP contribution in [0, 0.1) is 11.3 Å². The summed E-state index contributed by atoms with van der Waals surface area (Å²) < 4.78 is 0. The van der Waals surface area contributed by atoms with Gasteiger partial charge in [-0.25, -0.2) is 4.98 Å². The van der Waals surface area contributed by atoms with E-state index in [-0.39, 0.29) is 5.82 Å². The van der Waals surface area contributed by atoms with Crippen LogP contribution >= 0.6 is 11.6 Å². The summed E-state index contributed by atoms with van der Waals surface area (Å²) in [6.07, 6.45) is 0. The molecule has 106 valence electrons. The first-order chi connectivity index (χ1) is 10.8. The van der Waals surface area contributed by atoms with Crippen LogP contribution < -0.4 is 0 Å². The Morgan fingerprint density at radius 3 is 1.91 bits per heavy atom. The summed E-state index contributed by atoms with van der Waals surface area (Å²) in [4.78, 5) is 4.46. The number of benzene rings is 2. The van der Waals surface area contributed by atoms with Gasteiger partial charge in [-0.2, -0.15) is 5.26 Å². The van der Waals surface area contributed by atoms with Gasteiger partial charge < -0.3 is 0 Å². The predicted octanol–water partition coefficient (Wildman–Crippen LogP) is 4.01. The Bertz CT molecular complexity index is 813. The number of hydrogen-bond acceptors (Lipinski definition) is 4. The van der Waals surface area contributed by atoms with E-state index in [0.29, 0.717) is 11.4 Å². The molecule has 0 aliphatic carbocycles. The zero-order chi connectivity index (χ0) is 15.4. The highest BCUT2D eigenvalue weighted by atomic mass is 35.5. The topological polar surface area (TPSA) is 62.5 Å². The van der Waals surface area contributed by atoms with Gasteiger partial charge in [0.2, 0.25) is 0 Å². The molecule has 0 bridgehead atoms. The molecule has 0 radical (unpaired) electrons. The van der Waals surface area contributed by atoms with Crippen molar-refractivity contribution >= 4 is 11.6 Å². The third kappa shape index (κ3) is 2.80. The second kappa shape index (κ2) is 6.33. The quantitative estimate of drug-likeness (QED) is 0.686. The summed E-state index contributed by atoms with van der Waals surface area (Å²) >= 11 is 5.92. The van der Waals surface area contributed by atoms with E-state index in [4.69, 9.17) is 16.9 Å². The first kappa shape index (κ1) is 14.2. The molecule has 3 aromatic rings. The largest absolute Gasteiger partial charge is 0.226 e. The number of aromatic nitrogens is 3. The van der Waals surface area contributed by atoms with Crippen LogP contribution in [0.5, 0.6) is 0 Å². The highest BCUT2D eigenvalue weighted by molar-refractivity contribution is 6.22. The number of halogens is 1. The van der Waals surface area contributed by atoms with E-state index < -0.39 is 5.38 Å². The summed E-state index contributed by atoms with van der Waals surface area (Å²) in [5.41, 5.74) is 3.14. The molecule has 0 amide bonds. The molecular weight excluding hydrogens is 296 g/mol. The highest BCUT2D eigenvalue weighted by Gasteiger charge is 2.17. The van der Waals surface area contributed by atoms with Crippen LogP contribution in [0.15, 0.2) is 60.7 Å². The van der Waals surface area contributed by atoms with Crippen LogP contribution in [-0.4, -0.2) is 15.2 Å². The van der Waals surface area contributed by atoms with Gasteiger partial charge in [0.25, 0.3) is 0 Å². The standard InChI is InChI=1S/C17H11ClN4/c18-14(11-19)17-20-15(12-7-3-1-4-8-12)16(21-22-17)13-9-5-2-6-10-13/h1-10,14H. The van der Waals surface area contributed by atoms with Crippen LogP contribution in [0.1, 0.15) is 11.2 Å². The van der Waals surface area contributed by atoms with E-state index in [1.165, 1.54) is 0 Å². The molecule has 4 nitrogen and oxygen atoms in total. The number of hydrogen-bond donors (Lipinski definition) is 0. The molecule has 0 spiro atoms. The molecule has 1 unspecified atom stereocenters. The van der Waals surface area contributed by atoms with Crippen molar-refractivity contribution in [2.45, 2.75) is 5.38 Å². The van der Waals surface area contributed by atoms with Crippen molar-refractivity contribution in [3.05, 3.63) is 66.5 Å². The van der Waals surface area contributed by atoms with Crippen molar-refractivity contribution in [1.29, 1.82) is 5.26 Å². The third-order valence-corrected chi connectivity index (χ3v) is 3.43. The molecule has 0 saturated carbocycles. The van der Waals surface area contributed by atoms with Gasteiger partial charge in [0.1, 0.15) is 11.4 Å². The molecule has 1 heterocycles. The number of alkyl halides is 1. The van der Waals surface area contributed by atoms with Crippen molar-refractivity contribution in [2.24, 2.45) is 0 Å². The molecule has 0 aliphatic rings. The van der Waals surface area contributed by atoms with Crippen molar-refractivity contribution in [2.75, 3.05) is 0 Å². The zero-order valence-electron chi connectivity index (χ0n) is 11.5. The van der Waals surface area contributed by atoms with Gasteiger partial charge in [-0.1, -0.05) is 72.3 Å². The molecule has 22 heavy (non-hydrogen) atoms. The first-order valence-corrected chi connectivity index (χ1v) is 7.12. The Hall–Kier alpha value is -2.77. The number of nitrogens with zero attached hydrogens (tertiary/aromatic N) is 4. The number of rotatable bonds is 3. The van der Waals surface area contributed by atoms with E-state index in [1.54, 1.807) is 0 Å². The van der Waals surface area contributed by atoms with Crippen molar-refractivity contribution in [3.63, 3.8) is 0 Å². The van der Waals surface area contributed by atoms with Gasteiger partial charge in [0, 0.05) is 11.1 Å². The lowest BCUT2D eigenvalue weighted by molar-refractivity contribution is 0.875. The third-order valence-electron chi connectivity index (χ3n) is 3.14.